The van der Waals surface area contributed by atoms with E-state index < -0.39 is 47.7 Å². The van der Waals surface area contributed by atoms with Crippen molar-refractivity contribution in [2.75, 3.05) is 39.4 Å². The van der Waals surface area contributed by atoms with Gasteiger partial charge in [0.15, 0.2) is 5.82 Å². The molecule has 0 radical (unpaired) electrons. The third-order valence-electron chi connectivity index (χ3n) is 10.2. The van der Waals surface area contributed by atoms with Gasteiger partial charge < -0.3 is 40.8 Å². The van der Waals surface area contributed by atoms with Gasteiger partial charge in [-0.25, -0.2) is 14.5 Å². The molecule has 57 heavy (non-hydrogen) atoms. The number of hydrogen-bond acceptors (Lipinski definition) is 12. The molecule has 3 aromatic rings. The predicted molar refractivity (Wildman–Crippen MR) is 208 cm³/mol. The number of carbonyl (C=O) groups is 4. The van der Waals surface area contributed by atoms with E-state index in [0.717, 1.165) is 50.8 Å². The van der Waals surface area contributed by atoms with Gasteiger partial charge >= 0.3 is 6.09 Å². The molecule has 3 heterocycles. The lowest BCUT2D eigenvalue weighted by Gasteiger charge is -2.31. The second-order valence-electron chi connectivity index (χ2n) is 15.9. The molecule has 4 amide bonds. The van der Waals surface area contributed by atoms with Gasteiger partial charge in [0.2, 0.25) is 17.7 Å². The summed E-state index contributed by atoms with van der Waals surface area (Å²) in [5, 5.41) is 35.2. The maximum atomic E-state index is 14.3. The zero-order valence-electron chi connectivity index (χ0n) is 33.3. The highest BCUT2D eigenvalue weighted by molar-refractivity contribution is 5.91. The Bertz CT molecular complexity index is 1690. The van der Waals surface area contributed by atoms with E-state index in [1.165, 1.54) is 11.0 Å². The second kappa shape index (κ2) is 21.5. The number of tetrazole rings is 1. The number of nitrogens with one attached hydrogen (secondary N) is 5. The summed E-state index contributed by atoms with van der Waals surface area (Å²) in [5.41, 5.74) is 0.599. The maximum Gasteiger partial charge on any atom is 0.408 e. The highest BCUT2D eigenvalue weighted by atomic mass is 16.6. The fourth-order valence-corrected chi connectivity index (χ4v) is 7.18. The molecule has 2 fully saturated rings. The summed E-state index contributed by atoms with van der Waals surface area (Å²) in [6.45, 7) is 9.22. The Labute approximate surface area is 333 Å². The molecule has 2 aliphatic rings. The largest absolute Gasteiger partial charge is 0.444 e. The highest BCUT2D eigenvalue weighted by Crippen LogP contribution is 2.28. The number of aromatic nitrogens is 6. The van der Waals surface area contributed by atoms with Gasteiger partial charge in [-0.2, -0.15) is 0 Å². The van der Waals surface area contributed by atoms with Crippen LogP contribution in [0.3, 0.4) is 0 Å². The van der Waals surface area contributed by atoms with Crippen LogP contribution in [-0.4, -0.2) is 133 Å². The lowest BCUT2D eigenvalue weighted by atomic mass is 9.83. The van der Waals surface area contributed by atoms with Crippen molar-refractivity contribution < 1.29 is 33.8 Å². The summed E-state index contributed by atoms with van der Waals surface area (Å²) in [6.07, 6.45) is 7.04. The maximum absolute atomic E-state index is 14.3. The average Bonchev–Trinajstić information content (AvgIpc) is 3.86. The third-order valence-corrected chi connectivity index (χ3v) is 10.2. The van der Waals surface area contributed by atoms with Crippen LogP contribution in [0.4, 0.5) is 4.79 Å². The molecule has 18 nitrogen and oxygen atoms in total. The molecular formula is C39H59N11O7. The van der Waals surface area contributed by atoms with Crippen molar-refractivity contribution in [2.24, 2.45) is 5.92 Å². The normalized spacial score (nSPS) is 17.5. The minimum Gasteiger partial charge on any atom is -0.444 e. The van der Waals surface area contributed by atoms with Crippen molar-refractivity contribution in [3.8, 4) is 0 Å². The van der Waals surface area contributed by atoms with Gasteiger partial charge in [0, 0.05) is 57.3 Å². The van der Waals surface area contributed by atoms with Gasteiger partial charge in [0.25, 0.3) is 0 Å². The minimum absolute atomic E-state index is 0.0255. The van der Waals surface area contributed by atoms with Crippen molar-refractivity contribution in [1.29, 1.82) is 0 Å². The first-order chi connectivity index (χ1) is 27.4. The lowest BCUT2D eigenvalue weighted by Crippen LogP contribution is -2.58. The van der Waals surface area contributed by atoms with Crippen LogP contribution in [0.1, 0.15) is 76.4 Å². The Morgan fingerprint density at radius 3 is 2.39 bits per heavy atom. The monoisotopic (exact) mass is 793 g/mol. The fourth-order valence-electron chi connectivity index (χ4n) is 7.18. The molecule has 2 aromatic heterocycles. The number of aliphatic hydroxyl groups is 1. The topological polar surface area (TPSA) is 231 Å². The van der Waals surface area contributed by atoms with Crippen molar-refractivity contribution in [3.05, 3.63) is 59.9 Å². The number of H-pyrrole nitrogens is 1. The first-order valence-electron chi connectivity index (χ1n) is 20.0. The quantitative estimate of drug-likeness (QED) is 0.100. The van der Waals surface area contributed by atoms with Gasteiger partial charge in [0.1, 0.15) is 24.2 Å². The van der Waals surface area contributed by atoms with Crippen LogP contribution in [0.15, 0.2) is 42.9 Å². The van der Waals surface area contributed by atoms with E-state index in [0.29, 0.717) is 44.2 Å². The number of ether oxygens (including phenoxy) is 2. The van der Waals surface area contributed by atoms with E-state index in [4.69, 9.17) is 9.47 Å². The van der Waals surface area contributed by atoms with Crippen LogP contribution < -0.4 is 21.3 Å². The van der Waals surface area contributed by atoms with E-state index in [1.807, 2.05) is 30.3 Å². The zero-order chi connectivity index (χ0) is 40.6. The summed E-state index contributed by atoms with van der Waals surface area (Å²) >= 11 is 0. The van der Waals surface area contributed by atoms with E-state index >= 15 is 0 Å². The Balaban J connectivity index is 1.28. The molecule has 1 saturated heterocycles. The number of amides is 4. The Morgan fingerprint density at radius 1 is 0.965 bits per heavy atom. The summed E-state index contributed by atoms with van der Waals surface area (Å²) in [4.78, 5) is 63.3. The Kier molecular flexibility index (Phi) is 16.3. The van der Waals surface area contributed by atoms with Crippen LogP contribution in [0.25, 0.3) is 0 Å². The molecule has 18 heteroatoms. The number of nitrogens with zero attached hydrogens (tertiary/aromatic N) is 6. The summed E-state index contributed by atoms with van der Waals surface area (Å²) in [7, 11) is 0. The number of benzene rings is 1. The number of aromatic amines is 1. The fraction of sp³-hybridized carbons (Fsp3) is 0.641. The zero-order valence-corrected chi connectivity index (χ0v) is 33.3. The number of morpholine rings is 1. The number of carbonyl (C=O) groups excluding carboxylic acids is 4. The summed E-state index contributed by atoms with van der Waals surface area (Å²) in [5.74, 6) is -0.805. The van der Waals surface area contributed by atoms with Gasteiger partial charge in [0.05, 0.1) is 31.7 Å². The molecule has 4 atom stereocenters. The molecular weight excluding hydrogens is 734 g/mol. The van der Waals surface area contributed by atoms with Gasteiger partial charge in [-0.1, -0.05) is 62.4 Å². The molecule has 0 unspecified atom stereocenters. The summed E-state index contributed by atoms with van der Waals surface area (Å²) < 4.78 is 12.2. The van der Waals surface area contributed by atoms with Crippen LogP contribution in [-0.2, 0) is 49.7 Å². The lowest BCUT2D eigenvalue weighted by molar-refractivity contribution is -0.131. The van der Waals surface area contributed by atoms with Crippen LogP contribution in [0, 0.1) is 5.92 Å². The molecule has 1 aliphatic carbocycles. The molecule has 312 valence electrons. The number of aliphatic hydroxyl groups excluding tert-OH is 1. The van der Waals surface area contributed by atoms with Crippen LogP contribution in [0.5, 0.6) is 0 Å². The van der Waals surface area contributed by atoms with Crippen LogP contribution >= 0.6 is 0 Å². The van der Waals surface area contributed by atoms with Gasteiger partial charge in [-0.3, -0.25) is 19.3 Å². The standard InChI is InChI=1S/C39H59N11O7/c1-39(2,3)57-38(55)45-31(21-28-12-8-5-9-13-28)36(53)44-32(22-29-24-40-26-42-29)37(54)43-30(20-27-10-6-4-7-11-27)33(51)23-34-46-47-48-50(34)25-35(52)41-14-15-49-16-18-56-19-17-49/h5,8-9,12-13,24,26-27,30-33,51H,4,6-7,10-11,14-23,25H2,1-3H3,(H,40,42)(H,41,52)(H,43,54)(H,44,53)(H,45,55)/t30-,31-,32-,33-/m0/s1. The van der Waals surface area contributed by atoms with E-state index in [9.17, 15) is 24.3 Å². The summed E-state index contributed by atoms with van der Waals surface area (Å²) in [6, 6.07) is 6.32. The SMILES string of the molecule is CC(C)(C)OC(=O)N[C@@H](Cc1ccccc1)C(=O)N[C@@H](Cc1cnc[nH]1)C(=O)N[C@@H](CC1CCCCC1)[C@@H](O)Cc1nnnn1CC(=O)NCCN1CCOCC1. The van der Waals surface area contributed by atoms with E-state index in [-0.39, 0.29) is 37.6 Å². The number of hydrogen-bond donors (Lipinski definition) is 6. The van der Waals surface area contributed by atoms with Crippen molar-refractivity contribution in [3.63, 3.8) is 0 Å². The van der Waals surface area contributed by atoms with Crippen molar-refractivity contribution in [1.82, 2.24) is 56.3 Å². The number of alkyl carbamates (subject to hydrolysis) is 1. The molecule has 0 bridgehead atoms. The first kappa shape index (κ1) is 43.2. The molecule has 6 N–H and O–H groups in total. The smallest absolute Gasteiger partial charge is 0.408 e. The number of imidazole rings is 1. The van der Waals surface area contributed by atoms with Gasteiger partial charge in [-0.05, 0) is 49.1 Å². The van der Waals surface area contributed by atoms with Crippen LogP contribution in [0.2, 0.25) is 0 Å². The molecule has 0 spiro atoms. The van der Waals surface area contributed by atoms with Gasteiger partial charge in [-0.15, -0.1) is 5.10 Å². The Morgan fingerprint density at radius 2 is 1.68 bits per heavy atom. The van der Waals surface area contributed by atoms with Crippen molar-refractivity contribution in [2.45, 2.75) is 115 Å². The average molecular weight is 794 g/mol. The first-order valence-corrected chi connectivity index (χ1v) is 20.0. The third kappa shape index (κ3) is 14.8. The predicted octanol–water partition coefficient (Wildman–Crippen LogP) is 1.07. The molecule has 5 rings (SSSR count). The second-order valence-corrected chi connectivity index (χ2v) is 15.9. The minimum atomic E-state index is -1.12. The van der Waals surface area contributed by atoms with Crippen molar-refractivity contribution >= 4 is 23.8 Å². The molecule has 1 aliphatic heterocycles. The van der Waals surface area contributed by atoms with E-state index in [2.05, 4.69) is 51.7 Å². The highest BCUT2D eigenvalue weighted by Gasteiger charge is 2.33. The number of rotatable bonds is 19. The molecule has 1 aromatic carbocycles. The molecule has 1 saturated carbocycles. The Hall–Kier alpha value is -4.94. The van der Waals surface area contributed by atoms with E-state index in [1.54, 1.807) is 27.0 Å².